The highest BCUT2D eigenvalue weighted by atomic mass is 16.5. The van der Waals surface area contributed by atoms with Crippen molar-refractivity contribution in [2.75, 3.05) is 38.2 Å². The van der Waals surface area contributed by atoms with Gasteiger partial charge < -0.3 is 14.5 Å². The van der Waals surface area contributed by atoms with Gasteiger partial charge in [-0.15, -0.1) is 5.10 Å². The van der Waals surface area contributed by atoms with E-state index < -0.39 is 5.91 Å². The van der Waals surface area contributed by atoms with Gasteiger partial charge in [-0.1, -0.05) is 12.2 Å². The van der Waals surface area contributed by atoms with Gasteiger partial charge in [0.05, 0.1) is 6.61 Å². The van der Waals surface area contributed by atoms with Crippen molar-refractivity contribution in [3.05, 3.63) is 48.2 Å². The maximum atomic E-state index is 12.8. The van der Waals surface area contributed by atoms with Gasteiger partial charge >= 0.3 is 0 Å². The van der Waals surface area contributed by atoms with E-state index in [4.69, 9.17) is 4.74 Å². The lowest BCUT2D eigenvalue weighted by Gasteiger charge is -2.25. The van der Waals surface area contributed by atoms with Crippen LogP contribution in [-0.2, 0) is 14.4 Å². The highest BCUT2D eigenvalue weighted by Gasteiger charge is 2.30. The van der Waals surface area contributed by atoms with Crippen LogP contribution in [0.2, 0.25) is 0 Å². The van der Waals surface area contributed by atoms with Crippen molar-refractivity contribution in [1.82, 2.24) is 14.8 Å². The van der Waals surface area contributed by atoms with Crippen molar-refractivity contribution in [1.29, 1.82) is 0 Å². The number of rotatable bonds is 8. The Labute approximate surface area is 188 Å². The lowest BCUT2D eigenvalue weighted by molar-refractivity contribution is -0.137. The number of hydrogen-bond donors (Lipinski definition) is 0. The maximum Gasteiger partial charge on any atom is 0.248 e. The molecule has 1 aromatic carbocycles. The minimum absolute atomic E-state index is 0.232. The molecule has 9 nitrogen and oxygen atoms in total. The molecule has 1 saturated heterocycles. The summed E-state index contributed by atoms with van der Waals surface area (Å²) in [6.07, 6.45) is 8.38. The van der Waals surface area contributed by atoms with Gasteiger partial charge in [0.25, 0.3) is 0 Å². The van der Waals surface area contributed by atoms with Gasteiger partial charge in [-0.2, -0.15) is 0 Å². The van der Waals surface area contributed by atoms with Gasteiger partial charge in [0.15, 0.2) is 0 Å². The number of anilines is 1. The number of likely N-dealkylation sites (N-methyl/N-ethyl adjacent to an activating group) is 1. The predicted molar refractivity (Wildman–Crippen MR) is 122 cm³/mol. The third-order valence-electron chi connectivity index (χ3n) is 5.24. The molecule has 0 aromatic heterocycles. The molecule has 9 heteroatoms. The summed E-state index contributed by atoms with van der Waals surface area (Å²) in [5, 5.41) is 5.52. The Kier molecular flexibility index (Phi) is 7.64. The van der Waals surface area contributed by atoms with Crippen molar-refractivity contribution in [3.8, 4) is 5.75 Å². The molecule has 3 rings (SSSR count). The monoisotopic (exact) mass is 439 g/mol. The van der Waals surface area contributed by atoms with Crippen molar-refractivity contribution in [3.63, 3.8) is 0 Å². The molecule has 0 radical (unpaired) electrons. The first kappa shape index (κ1) is 23.1. The zero-order valence-corrected chi connectivity index (χ0v) is 18.7. The average molecular weight is 440 g/mol. The van der Waals surface area contributed by atoms with Crippen LogP contribution in [0.4, 0.5) is 5.69 Å². The van der Waals surface area contributed by atoms with Crippen LogP contribution in [0, 0.1) is 0 Å². The Morgan fingerprint density at radius 3 is 2.53 bits per heavy atom. The van der Waals surface area contributed by atoms with Crippen molar-refractivity contribution < 1.29 is 19.1 Å². The van der Waals surface area contributed by atoms with Crippen LogP contribution < -0.4 is 9.64 Å². The molecule has 0 N–H and O–H groups in total. The van der Waals surface area contributed by atoms with E-state index in [0.29, 0.717) is 32.1 Å². The normalized spacial score (nSPS) is 16.7. The van der Waals surface area contributed by atoms with Crippen LogP contribution >= 0.6 is 0 Å². The SMILES string of the molecule is CCOc1ccc(N2CCN(C=O)/C2=N\N(CC(=O)N(C)C2=CCCC=C2)C(C)=O)cc1. The molecule has 170 valence electrons. The predicted octanol–water partition coefficient (Wildman–Crippen LogP) is 2.18. The summed E-state index contributed by atoms with van der Waals surface area (Å²) in [6.45, 7) is 4.53. The molecule has 0 bridgehead atoms. The molecule has 0 saturated carbocycles. The number of nitrogens with zero attached hydrogens (tertiary/aromatic N) is 5. The van der Waals surface area contributed by atoms with Crippen LogP contribution in [0.15, 0.2) is 53.3 Å². The van der Waals surface area contributed by atoms with E-state index in [1.807, 2.05) is 54.3 Å². The van der Waals surface area contributed by atoms with Gasteiger partial charge in [-0.05, 0) is 50.1 Å². The summed E-state index contributed by atoms with van der Waals surface area (Å²) < 4.78 is 5.49. The van der Waals surface area contributed by atoms with Crippen LogP contribution in [0.3, 0.4) is 0 Å². The summed E-state index contributed by atoms with van der Waals surface area (Å²) in [6, 6.07) is 7.42. The second-order valence-corrected chi connectivity index (χ2v) is 7.42. The van der Waals surface area contributed by atoms with E-state index in [-0.39, 0.29) is 12.5 Å². The molecule has 0 atom stereocenters. The van der Waals surface area contributed by atoms with E-state index in [1.54, 1.807) is 7.05 Å². The van der Waals surface area contributed by atoms with Crippen molar-refractivity contribution in [2.24, 2.45) is 5.10 Å². The number of carbonyl (C=O) groups excluding carboxylic acids is 3. The highest BCUT2D eigenvalue weighted by Crippen LogP contribution is 2.23. The average Bonchev–Trinajstić information content (AvgIpc) is 3.21. The highest BCUT2D eigenvalue weighted by molar-refractivity contribution is 6.03. The Balaban J connectivity index is 1.82. The second-order valence-electron chi connectivity index (χ2n) is 7.42. The number of amides is 3. The number of carbonyl (C=O) groups is 3. The summed E-state index contributed by atoms with van der Waals surface area (Å²) in [7, 11) is 1.68. The first-order valence-electron chi connectivity index (χ1n) is 10.7. The fourth-order valence-corrected chi connectivity index (χ4v) is 3.46. The standard InChI is InChI=1S/C23H29N5O4/c1-4-32-21-12-10-20(11-13-21)27-15-14-26(17-29)23(27)24-28(18(2)30)16-22(31)25(3)19-8-6-5-7-9-19/h6,8-13,17H,4-5,7,14-16H2,1-3H3/b24-23+. The molecule has 2 aliphatic rings. The van der Waals surface area contributed by atoms with E-state index >= 15 is 0 Å². The first-order chi connectivity index (χ1) is 15.4. The van der Waals surface area contributed by atoms with Crippen LogP contribution in [0.5, 0.6) is 5.75 Å². The first-order valence-corrected chi connectivity index (χ1v) is 10.7. The van der Waals surface area contributed by atoms with Crippen LogP contribution in [0.1, 0.15) is 26.7 Å². The van der Waals surface area contributed by atoms with E-state index in [9.17, 15) is 14.4 Å². The van der Waals surface area contributed by atoms with Crippen LogP contribution in [-0.4, -0.2) is 72.3 Å². The number of allylic oxidation sites excluding steroid dienone is 3. The number of hydrazone groups is 1. The Morgan fingerprint density at radius 2 is 1.94 bits per heavy atom. The van der Waals surface area contributed by atoms with E-state index in [1.165, 1.54) is 16.7 Å². The number of ether oxygens (including phenoxy) is 1. The molecule has 32 heavy (non-hydrogen) atoms. The molecule has 0 spiro atoms. The van der Waals surface area contributed by atoms with Crippen LogP contribution in [0.25, 0.3) is 0 Å². The zero-order chi connectivity index (χ0) is 23.1. The Hall–Kier alpha value is -3.62. The fraction of sp³-hybridized carbons (Fsp3) is 0.391. The fourth-order valence-electron chi connectivity index (χ4n) is 3.46. The summed E-state index contributed by atoms with van der Waals surface area (Å²) >= 11 is 0. The molecule has 1 aliphatic heterocycles. The van der Waals surface area contributed by atoms with Crippen molar-refractivity contribution >= 4 is 29.9 Å². The molecule has 0 unspecified atom stereocenters. The lowest BCUT2D eigenvalue weighted by atomic mass is 10.1. The van der Waals surface area contributed by atoms with Gasteiger partial charge in [0.1, 0.15) is 12.3 Å². The van der Waals surface area contributed by atoms with E-state index in [2.05, 4.69) is 5.10 Å². The Bertz CT molecular complexity index is 938. The molecule has 1 fully saturated rings. The zero-order valence-electron chi connectivity index (χ0n) is 18.7. The largest absolute Gasteiger partial charge is 0.494 e. The summed E-state index contributed by atoms with van der Waals surface area (Å²) in [5.74, 6) is 0.375. The number of guanidine groups is 1. The second kappa shape index (κ2) is 10.6. The minimum Gasteiger partial charge on any atom is -0.494 e. The molecule has 3 amide bonds. The smallest absolute Gasteiger partial charge is 0.248 e. The van der Waals surface area contributed by atoms with Gasteiger partial charge in [-0.3, -0.25) is 19.3 Å². The lowest BCUT2D eigenvalue weighted by Crippen LogP contribution is -2.41. The third kappa shape index (κ3) is 5.35. The number of hydrogen-bond acceptors (Lipinski definition) is 5. The maximum absolute atomic E-state index is 12.8. The molecular formula is C23H29N5O4. The molecule has 1 heterocycles. The van der Waals surface area contributed by atoms with Crippen molar-refractivity contribution in [2.45, 2.75) is 26.7 Å². The quantitative estimate of drug-likeness (QED) is 0.458. The Morgan fingerprint density at radius 1 is 1.19 bits per heavy atom. The van der Waals surface area contributed by atoms with Gasteiger partial charge in [0.2, 0.25) is 24.2 Å². The third-order valence-corrected chi connectivity index (χ3v) is 5.24. The number of benzene rings is 1. The molecular weight excluding hydrogens is 410 g/mol. The molecule has 1 aliphatic carbocycles. The summed E-state index contributed by atoms with van der Waals surface area (Å²) in [4.78, 5) is 41.5. The van der Waals surface area contributed by atoms with Gasteiger partial charge in [-0.25, -0.2) is 5.01 Å². The summed E-state index contributed by atoms with van der Waals surface area (Å²) in [5.41, 5.74) is 1.60. The minimum atomic E-state index is -0.392. The van der Waals surface area contributed by atoms with E-state index in [0.717, 1.165) is 35.0 Å². The topological polar surface area (TPSA) is 85.8 Å². The van der Waals surface area contributed by atoms with Gasteiger partial charge in [0, 0.05) is 38.4 Å². The molecule has 1 aromatic rings.